The van der Waals surface area contributed by atoms with Crippen LogP contribution in [0.25, 0.3) is 0 Å². The molecule has 1 saturated carbocycles. The van der Waals surface area contributed by atoms with E-state index in [-0.39, 0.29) is 17.9 Å². The van der Waals surface area contributed by atoms with Gasteiger partial charge in [0.15, 0.2) is 0 Å². The molecule has 1 aliphatic carbocycles. The Kier molecular flexibility index (Phi) is 4.73. The minimum absolute atomic E-state index is 0.00467. The van der Waals surface area contributed by atoms with Crippen molar-refractivity contribution in [2.75, 3.05) is 20.6 Å². The highest BCUT2D eigenvalue weighted by Gasteiger charge is 2.30. The number of nitrogens with one attached hydrogen (secondary N) is 1. The Morgan fingerprint density at radius 1 is 1.50 bits per heavy atom. The maximum atomic E-state index is 11.7. The number of nitrogens with zero attached hydrogens (tertiary/aromatic N) is 1. The van der Waals surface area contributed by atoms with Gasteiger partial charge in [-0.3, -0.25) is 9.59 Å². The van der Waals surface area contributed by atoms with Gasteiger partial charge in [-0.1, -0.05) is 0 Å². The summed E-state index contributed by atoms with van der Waals surface area (Å²) in [5.74, 6) is 0.519. The molecule has 5 heteroatoms. The molecule has 2 amide bonds. The Morgan fingerprint density at radius 3 is 2.62 bits per heavy atom. The van der Waals surface area contributed by atoms with Crippen molar-refractivity contribution in [1.29, 1.82) is 0 Å². The van der Waals surface area contributed by atoms with Crippen molar-refractivity contribution >= 4 is 11.8 Å². The van der Waals surface area contributed by atoms with E-state index >= 15 is 0 Å². The number of hydrogen-bond acceptors (Lipinski definition) is 3. The highest BCUT2D eigenvalue weighted by atomic mass is 16.2. The average Bonchev–Trinajstić information content (AvgIpc) is 3.08. The van der Waals surface area contributed by atoms with Gasteiger partial charge in [-0.25, -0.2) is 0 Å². The summed E-state index contributed by atoms with van der Waals surface area (Å²) in [4.78, 5) is 24.3. The first-order valence-electron chi connectivity index (χ1n) is 5.74. The van der Waals surface area contributed by atoms with Crippen LogP contribution in [0, 0.1) is 5.92 Å². The van der Waals surface area contributed by atoms with Gasteiger partial charge in [0, 0.05) is 39.5 Å². The van der Waals surface area contributed by atoms with Crippen molar-refractivity contribution in [3.63, 3.8) is 0 Å². The van der Waals surface area contributed by atoms with E-state index in [1.165, 1.54) is 0 Å². The second-order valence-electron chi connectivity index (χ2n) is 4.44. The second kappa shape index (κ2) is 5.84. The van der Waals surface area contributed by atoms with Gasteiger partial charge in [0.05, 0.1) is 0 Å². The molecule has 0 aromatic rings. The van der Waals surface area contributed by atoms with Gasteiger partial charge < -0.3 is 16.0 Å². The topological polar surface area (TPSA) is 75.4 Å². The van der Waals surface area contributed by atoms with Crippen molar-refractivity contribution in [3.8, 4) is 0 Å². The van der Waals surface area contributed by atoms with Gasteiger partial charge in [0.1, 0.15) is 0 Å². The van der Waals surface area contributed by atoms with Crippen LogP contribution in [-0.2, 0) is 9.59 Å². The Bertz CT molecular complexity index is 264. The third-order valence-electron chi connectivity index (χ3n) is 3.02. The molecule has 0 spiro atoms. The summed E-state index contributed by atoms with van der Waals surface area (Å²) in [6, 6.07) is -0.00467. The summed E-state index contributed by atoms with van der Waals surface area (Å²) in [6.07, 6.45) is 3.04. The number of hydrogen-bond donors (Lipinski definition) is 2. The molecular formula is C11H21N3O2. The molecule has 1 atom stereocenters. The molecule has 16 heavy (non-hydrogen) atoms. The number of amides is 2. The van der Waals surface area contributed by atoms with E-state index in [9.17, 15) is 9.59 Å². The Labute approximate surface area is 96.4 Å². The molecule has 3 N–H and O–H groups in total. The van der Waals surface area contributed by atoms with Crippen LogP contribution < -0.4 is 11.1 Å². The van der Waals surface area contributed by atoms with Crippen molar-refractivity contribution in [3.05, 3.63) is 0 Å². The fourth-order valence-corrected chi connectivity index (χ4v) is 1.57. The Hall–Kier alpha value is -1.10. The zero-order valence-electron chi connectivity index (χ0n) is 10.0. The quantitative estimate of drug-likeness (QED) is 0.654. The van der Waals surface area contributed by atoms with Crippen LogP contribution in [0.5, 0.6) is 0 Å². The molecule has 92 valence electrons. The molecule has 0 bridgehead atoms. The lowest BCUT2D eigenvalue weighted by Gasteiger charge is -2.19. The van der Waals surface area contributed by atoms with E-state index in [1.54, 1.807) is 19.0 Å². The van der Waals surface area contributed by atoms with E-state index in [0.717, 1.165) is 12.8 Å². The lowest BCUT2D eigenvalue weighted by molar-refractivity contribution is -0.131. The van der Waals surface area contributed by atoms with Gasteiger partial charge in [-0.05, 0) is 18.8 Å². The maximum absolute atomic E-state index is 11.7. The lowest BCUT2D eigenvalue weighted by Crippen LogP contribution is -2.36. The number of nitrogens with two attached hydrogens (primary N) is 1. The summed E-state index contributed by atoms with van der Waals surface area (Å²) in [6.45, 7) is 0.454. The van der Waals surface area contributed by atoms with Crippen molar-refractivity contribution in [2.45, 2.75) is 31.7 Å². The summed E-state index contributed by atoms with van der Waals surface area (Å²) >= 11 is 0. The Balaban J connectivity index is 2.21. The van der Waals surface area contributed by atoms with Gasteiger partial charge in [-0.15, -0.1) is 0 Å². The molecule has 1 rings (SSSR count). The fraction of sp³-hybridized carbons (Fsp3) is 0.818. The zero-order valence-corrected chi connectivity index (χ0v) is 10.0. The standard InChI is InChI=1S/C11H21N3O2/c1-13-10(15)5-6-14(2)11(16)7-9(12)8-3-4-8/h8-9H,3-7,12H2,1-2H3,(H,13,15). The first kappa shape index (κ1) is 13.0. The SMILES string of the molecule is CNC(=O)CCN(C)C(=O)CC(N)C1CC1. The average molecular weight is 227 g/mol. The number of carbonyl (C=O) groups excluding carboxylic acids is 2. The molecule has 0 aromatic heterocycles. The number of rotatable bonds is 6. The fourth-order valence-electron chi connectivity index (χ4n) is 1.57. The van der Waals surface area contributed by atoms with E-state index in [4.69, 9.17) is 5.73 Å². The molecule has 5 nitrogen and oxygen atoms in total. The molecule has 1 aliphatic rings. The van der Waals surface area contributed by atoms with E-state index in [1.807, 2.05) is 0 Å². The van der Waals surface area contributed by atoms with Crippen molar-refractivity contribution in [2.24, 2.45) is 11.7 Å². The minimum atomic E-state index is -0.0499. The molecule has 0 radical (unpaired) electrons. The third kappa shape index (κ3) is 4.18. The van der Waals surface area contributed by atoms with Crippen LogP contribution >= 0.6 is 0 Å². The van der Waals surface area contributed by atoms with Crippen LogP contribution in [0.15, 0.2) is 0 Å². The molecular weight excluding hydrogens is 206 g/mol. The smallest absolute Gasteiger partial charge is 0.223 e. The normalized spacial score (nSPS) is 16.7. The molecule has 0 heterocycles. The van der Waals surface area contributed by atoms with Gasteiger partial charge >= 0.3 is 0 Å². The second-order valence-corrected chi connectivity index (χ2v) is 4.44. The highest BCUT2D eigenvalue weighted by Crippen LogP contribution is 2.32. The van der Waals surface area contributed by atoms with Gasteiger partial charge in [0.2, 0.25) is 11.8 Å². The van der Waals surface area contributed by atoms with E-state index in [2.05, 4.69) is 5.32 Å². The first-order valence-corrected chi connectivity index (χ1v) is 5.74. The monoisotopic (exact) mass is 227 g/mol. The largest absolute Gasteiger partial charge is 0.359 e. The van der Waals surface area contributed by atoms with Crippen LogP contribution in [0.4, 0.5) is 0 Å². The first-order chi connectivity index (χ1) is 7.54. The summed E-state index contributed by atoms with van der Waals surface area (Å²) < 4.78 is 0. The summed E-state index contributed by atoms with van der Waals surface area (Å²) in [7, 11) is 3.30. The van der Waals surface area contributed by atoms with E-state index < -0.39 is 0 Å². The molecule has 0 saturated heterocycles. The highest BCUT2D eigenvalue weighted by molar-refractivity contribution is 5.79. The summed E-state index contributed by atoms with van der Waals surface area (Å²) in [5, 5.41) is 2.53. The van der Waals surface area contributed by atoms with E-state index in [0.29, 0.717) is 25.3 Å². The Morgan fingerprint density at radius 2 is 2.12 bits per heavy atom. The maximum Gasteiger partial charge on any atom is 0.223 e. The van der Waals surface area contributed by atoms with Crippen LogP contribution in [0.3, 0.4) is 0 Å². The van der Waals surface area contributed by atoms with Gasteiger partial charge in [-0.2, -0.15) is 0 Å². The van der Waals surface area contributed by atoms with Crippen LogP contribution in [0.2, 0.25) is 0 Å². The zero-order chi connectivity index (χ0) is 12.1. The lowest BCUT2D eigenvalue weighted by atomic mass is 10.1. The molecule has 0 aliphatic heterocycles. The predicted molar refractivity (Wildman–Crippen MR) is 61.6 cm³/mol. The summed E-state index contributed by atoms with van der Waals surface area (Å²) in [5.41, 5.74) is 5.87. The van der Waals surface area contributed by atoms with Crippen LogP contribution in [-0.4, -0.2) is 43.4 Å². The van der Waals surface area contributed by atoms with Gasteiger partial charge in [0.25, 0.3) is 0 Å². The minimum Gasteiger partial charge on any atom is -0.359 e. The molecule has 1 unspecified atom stereocenters. The predicted octanol–water partition coefficient (Wildman–Crippen LogP) is -0.292. The van der Waals surface area contributed by atoms with Crippen LogP contribution in [0.1, 0.15) is 25.7 Å². The third-order valence-corrected chi connectivity index (χ3v) is 3.02. The molecule has 1 fully saturated rings. The van der Waals surface area contributed by atoms with Crippen molar-refractivity contribution < 1.29 is 9.59 Å². The number of carbonyl (C=O) groups is 2. The van der Waals surface area contributed by atoms with Crippen molar-refractivity contribution in [1.82, 2.24) is 10.2 Å². The molecule has 0 aromatic carbocycles.